The van der Waals surface area contributed by atoms with Crippen LogP contribution in [0.1, 0.15) is 18.4 Å². The molecule has 0 aromatic heterocycles. The van der Waals surface area contributed by atoms with Gasteiger partial charge in [-0.15, -0.1) is 0 Å². The summed E-state index contributed by atoms with van der Waals surface area (Å²) in [5, 5.41) is 9.37. The van der Waals surface area contributed by atoms with Crippen LogP contribution in [0.4, 0.5) is 4.39 Å². The smallest absolute Gasteiger partial charge is 0.129 e. The van der Waals surface area contributed by atoms with Crippen LogP contribution in [0.3, 0.4) is 0 Å². The van der Waals surface area contributed by atoms with E-state index in [1.165, 1.54) is 6.07 Å². The van der Waals surface area contributed by atoms with Crippen LogP contribution >= 0.6 is 11.6 Å². The summed E-state index contributed by atoms with van der Waals surface area (Å²) in [4.78, 5) is 2.10. The van der Waals surface area contributed by atoms with Crippen LogP contribution < -0.4 is 0 Å². The van der Waals surface area contributed by atoms with Gasteiger partial charge in [0.25, 0.3) is 0 Å². The first-order valence-electron chi connectivity index (χ1n) is 5.75. The molecule has 90 valence electrons. The van der Waals surface area contributed by atoms with Gasteiger partial charge in [-0.05, 0) is 31.5 Å². The van der Waals surface area contributed by atoms with Gasteiger partial charge in [0.05, 0.1) is 12.0 Å². The van der Waals surface area contributed by atoms with Gasteiger partial charge in [0, 0.05) is 23.7 Å². The molecule has 0 amide bonds. The van der Waals surface area contributed by atoms with Crippen LogP contribution in [0.2, 0.25) is 5.02 Å². The Morgan fingerprint density at radius 3 is 3.06 bits per heavy atom. The lowest BCUT2D eigenvalue weighted by atomic mass is 9.99. The Hall–Kier alpha value is -1.11. The maximum atomic E-state index is 13.6. The number of benzene rings is 1. The number of nitrogens with zero attached hydrogens (tertiary/aromatic N) is 2. The van der Waals surface area contributed by atoms with Crippen LogP contribution in [-0.2, 0) is 6.54 Å². The van der Waals surface area contributed by atoms with Crippen molar-refractivity contribution in [3.63, 3.8) is 0 Å². The lowest BCUT2D eigenvalue weighted by Gasteiger charge is -2.29. The van der Waals surface area contributed by atoms with Crippen LogP contribution in [-0.4, -0.2) is 18.0 Å². The van der Waals surface area contributed by atoms with Gasteiger partial charge in [-0.25, -0.2) is 4.39 Å². The SMILES string of the molecule is N#CC1CCCN(Cc2c(F)cccc2Cl)C1. The molecule has 0 spiro atoms. The molecule has 1 heterocycles. The molecular formula is C13H14ClFN2. The summed E-state index contributed by atoms with van der Waals surface area (Å²) in [5.74, 6) is -0.203. The number of halogens is 2. The predicted molar refractivity (Wildman–Crippen MR) is 65.0 cm³/mol. The zero-order valence-electron chi connectivity index (χ0n) is 9.50. The second kappa shape index (κ2) is 5.48. The molecule has 0 N–H and O–H groups in total. The minimum atomic E-state index is -0.267. The number of piperidine rings is 1. The van der Waals surface area contributed by atoms with Crippen LogP contribution in [0.5, 0.6) is 0 Å². The van der Waals surface area contributed by atoms with Gasteiger partial charge in [-0.3, -0.25) is 4.90 Å². The normalized spacial score (nSPS) is 21.1. The second-order valence-electron chi connectivity index (χ2n) is 4.40. The standard InChI is InChI=1S/C13H14ClFN2/c14-12-4-1-5-13(15)11(12)9-17-6-2-3-10(7-16)8-17/h1,4-5,10H,2-3,6,8-9H2. The number of hydrogen-bond donors (Lipinski definition) is 0. The van der Waals surface area contributed by atoms with Gasteiger partial charge < -0.3 is 0 Å². The van der Waals surface area contributed by atoms with E-state index in [-0.39, 0.29) is 11.7 Å². The molecule has 2 nitrogen and oxygen atoms in total. The molecule has 1 aromatic rings. The molecule has 1 atom stereocenters. The molecule has 0 bridgehead atoms. The molecular weight excluding hydrogens is 239 g/mol. The predicted octanol–water partition coefficient (Wildman–Crippen LogP) is 3.21. The highest BCUT2D eigenvalue weighted by atomic mass is 35.5. The minimum absolute atomic E-state index is 0.0642. The fraction of sp³-hybridized carbons (Fsp3) is 0.462. The summed E-state index contributed by atoms with van der Waals surface area (Å²) < 4.78 is 13.6. The molecule has 0 radical (unpaired) electrons. The molecule has 1 saturated heterocycles. The summed E-state index contributed by atoms with van der Waals surface area (Å²) in [6.45, 7) is 2.10. The molecule has 0 saturated carbocycles. The first-order chi connectivity index (χ1) is 8.20. The highest BCUT2D eigenvalue weighted by Gasteiger charge is 2.21. The third-order valence-electron chi connectivity index (χ3n) is 3.13. The van der Waals surface area contributed by atoms with E-state index >= 15 is 0 Å². The number of nitriles is 1. The maximum absolute atomic E-state index is 13.6. The van der Waals surface area contributed by atoms with E-state index in [2.05, 4.69) is 11.0 Å². The zero-order chi connectivity index (χ0) is 12.3. The molecule has 1 fully saturated rings. The van der Waals surface area contributed by atoms with Crippen LogP contribution in [0.25, 0.3) is 0 Å². The Morgan fingerprint density at radius 2 is 2.35 bits per heavy atom. The number of likely N-dealkylation sites (tertiary alicyclic amines) is 1. The maximum Gasteiger partial charge on any atom is 0.129 e. The Morgan fingerprint density at radius 1 is 1.53 bits per heavy atom. The monoisotopic (exact) mass is 252 g/mol. The van der Waals surface area contributed by atoms with Gasteiger partial charge in [0.1, 0.15) is 5.82 Å². The van der Waals surface area contributed by atoms with Crippen molar-refractivity contribution in [1.82, 2.24) is 4.90 Å². The van der Waals surface area contributed by atoms with E-state index in [0.717, 1.165) is 19.4 Å². The van der Waals surface area contributed by atoms with Crippen LogP contribution in [0.15, 0.2) is 18.2 Å². The van der Waals surface area contributed by atoms with E-state index in [9.17, 15) is 4.39 Å². The summed E-state index contributed by atoms with van der Waals surface area (Å²) in [6, 6.07) is 7.01. The minimum Gasteiger partial charge on any atom is -0.298 e. The first-order valence-corrected chi connectivity index (χ1v) is 6.13. The summed E-state index contributed by atoms with van der Waals surface area (Å²) in [6.07, 6.45) is 1.93. The molecule has 1 aliphatic heterocycles. The second-order valence-corrected chi connectivity index (χ2v) is 4.81. The molecule has 1 unspecified atom stereocenters. The highest BCUT2D eigenvalue weighted by molar-refractivity contribution is 6.31. The lowest BCUT2D eigenvalue weighted by Crippen LogP contribution is -2.34. The third kappa shape index (κ3) is 2.96. The topological polar surface area (TPSA) is 27.0 Å². The summed E-state index contributed by atoms with van der Waals surface area (Å²) in [5.41, 5.74) is 0.535. The van der Waals surface area contributed by atoms with Crippen molar-refractivity contribution >= 4 is 11.6 Å². The van der Waals surface area contributed by atoms with Crippen molar-refractivity contribution < 1.29 is 4.39 Å². The van der Waals surface area contributed by atoms with Crippen molar-refractivity contribution in [1.29, 1.82) is 5.26 Å². The average molecular weight is 253 g/mol. The van der Waals surface area contributed by atoms with E-state index in [4.69, 9.17) is 16.9 Å². The Balaban J connectivity index is 2.08. The van der Waals surface area contributed by atoms with Crippen molar-refractivity contribution in [2.45, 2.75) is 19.4 Å². The van der Waals surface area contributed by atoms with E-state index in [0.29, 0.717) is 23.7 Å². The van der Waals surface area contributed by atoms with Gasteiger partial charge in [0.15, 0.2) is 0 Å². The van der Waals surface area contributed by atoms with Gasteiger partial charge in [0.2, 0.25) is 0 Å². The van der Waals surface area contributed by atoms with Gasteiger partial charge >= 0.3 is 0 Å². The molecule has 2 rings (SSSR count). The third-order valence-corrected chi connectivity index (χ3v) is 3.49. The largest absolute Gasteiger partial charge is 0.298 e. The van der Waals surface area contributed by atoms with Crippen molar-refractivity contribution in [3.8, 4) is 6.07 Å². The van der Waals surface area contributed by atoms with E-state index in [1.54, 1.807) is 12.1 Å². The highest BCUT2D eigenvalue weighted by Crippen LogP contribution is 2.23. The first kappa shape index (κ1) is 12.3. The number of hydrogen-bond acceptors (Lipinski definition) is 2. The molecule has 17 heavy (non-hydrogen) atoms. The summed E-state index contributed by atoms with van der Waals surface area (Å²) in [7, 11) is 0. The Labute approximate surface area is 106 Å². The molecule has 4 heteroatoms. The molecule has 1 aromatic carbocycles. The van der Waals surface area contributed by atoms with Crippen molar-refractivity contribution in [3.05, 3.63) is 34.6 Å². The average Bonchev–Trinajstić information content (AvgIpc) is 2.34. The molecule has 1 aliphatic rings. The van der Waals surface area contributed by atoms with Crippen molar-refractivity contribution in [2.75, 3.05) is 13.1 Å². The molecule has 0 aliphatic carbocycles. The Kier molecular flexibility index (Phi) is 3.98. The quantitative estimate of drug-likeness (QED) is 0.808. The van der Waals surface area contributed by atoms with Crippen molar-refractivity contribution in [2.24, 2.45) is 5.92 Å². The fourth-order valence-electron chi connectivity index (χ4n) is 2.21. The zero-order valence-corrected chi connectivity index (χ0v) is 10.3. The fourth-order valence-corrected chi connectivity index (χ4v) is 2.43. The van der Waals surface area contributed by atoms with Crippen LogP contribution in [0, 0.1) is 23.1 Å². The van der Waals surface area contributed by atoms with Gasteiger partial charge in [-0.1, -0.05) is 17.7 Å². The lowest BCUT2D eigenvalue weighted by molar-refractivity contribution is 0.190. The Bertz CT molecular complexity index is 421. The van der Waals surface area contributed by atoms with E-state index < -0.39 is 0 Å². The summed E-state index contributed by atoms with van der Waals surface area (Å²) >= 11 is 5.99. The van der Waals surface area contributed by atoms with E-state index in [1.807, 2.05) is 0 Å². The van der Waals surface area contributed by atoms with Gasteiger partial charge in [-0.2, -0.15) is 5.26 Å². The number of rotatable bonds is 2.